The molecule has 0 fully saturated rings. The Morgan fingerprint density at radius 1 is 0.500 bits per heavy atom. The van der Waals surface area contributed by atoms with Gasteiger partial charge < -0.3 is 10.6 Å². The Balaban J connectivity index is 1.14. The molecule has 2 N–H and O–H groups in total. The third-order valence-corrected chi connectivity index (χ3v) is 8.50. The fraction of sp³-hybridized carbons (Fsp3) is 0.278. The molecule has 0 unspecified atom stereocenters. The zero-order chi connectivity index (χ0) is 27.6. The number of hydrogen-bond donors (Lipinski definition) is 2. The van der Waals surface area contributed by atoms with Gasteiger partial charge in [-0.15, -0.1) is 0 Å². The molecule has 0 atom stereocenters. The third-order valence-electron chi connectivity index (χ3n) is 8.50. The van der Waals surface area contributed by atoms with E-state index in [0.717, 1.165) is 59.3 Å². The van der Waals surface area contributed by atoms with Crippen LogP contribution in [0.1, 0.15) is 79.8 Å². The fourth-order valence-electron chi connectivity index (χ4n) is 6.11. The summed E-state index contributed by atoms with van der Waals surface area (Å²) >= 11 is 0. The number of carbonyl (C=O) groups is 2. The molecule has 2 amide bonds. The first-order valence-corrected chi connectivity index (χ1v) is 14.5. The lowest BCUT2D eigenvalue weighted by atomic mass is 9.90. The zero-order valence-electron chi connectivity index (χ0n) is 23.4. The zero-order valence-corrected chi connectivity index (χ0v) is 23.4. The molecule has 4 heteroatoms. The van der Waals surface area contributed by atoms with Crippen LogP contribution < -0.4 is 10.6 Å². The van der Waals surface area contributed by atoms with Crippen molar-refractivity contribution in [3.63, 3.8) is 0 Å². The second kappa shape index (κ2) is 11.1. The van der Waals surface area contributed by atoms with Gasteiger partial charge in [0.05, 0.1) is 0 Å². The van der Waals surface area contributed by atoms with Crippen molar-refractivity contribution in [2.24, 2.45) is 0 Å². The Bertz CT molecular complexity index is 1500. The van der Waals surface area contributed by atoms with Crippen LogP contribution in [0.15, 0.2) is 72.8 Å². The molecule has 6 rings (SSSR count). The van der Waals surface area contributed by atoms with Gasteiger partial charge in [-0.25, -0.2) is 0 Å². The molecule has 0 radical (unpaired) electrons. The molecule has 202 valence electrons. The fourth-order valence-corrected chi connectivity index (χ4v) is 6.11. The summed E-state index contributed by atoms with van der Waals surface area (Å²) in [4.78, 5) is 26.0. The van der Waals surface area contributed by atoms with Crippen LogP contribution in [0, 0.1) is 13.8 Å². The number of fused-ring (bicyclic) bond motifs is 2. The lowest BCUT2D eigenvalue weighted by molar-refractivity contribution is 0.101. The highest BCUT2D eigenvalue weighted by Gasteiger charge is 2.16. The van der Waals surface area contributed by atoms with Crippen LogP contribution in [0.4, 0.5) is 11.4 Å². The van der Waals surface area contributed by atoms with Crippen molar-refractivity contribution in [1.82, 2.24) is 0 Å². The van der Waals surface area contributed by atoms with Crippen molar-refractivity contribution in [2.45, 2.75) is 65.2 Å². The summed E-state index contributed by atoms with van der Waals surface area (Å²) in [5.74, 6) is -0.141. The summed E-state index contributed by atoms with van der Waals surface area (Å²) in [7, 11) is 0. The first kappa shape index (κ1) is 26.1. The maximum Gasteiger partial charge on any atom is 0.255 e. The van der Waals surface area contributed by atoms with Crippen molar-refractivity contribution < 1.29 is 9.59 Å². The van der Waals surface area contributed by atoms with Crippen LogP contribution in [0.5, 0.6) is 0 Å². The minimum atomic E-state index is -0.0703. The Morgan fingerprint density at radius 2 is 0.900 bits per heavy atom. The molecule has 0 bridgehead atoms. The number of carbonyl (C=O) groups excluding carboxylic acids is 2. The van der Waals surface area contributed by atoms with E-state index in [0.29, 0.717) is 11.1 Å². The van der Waals surface area contributed by atoms with E-state index in [1.165, 1.54) is 47.9 Å². The van der Waals surface area contributed by atoms with Gasteiger partial charge in [-0.2, -0.15) is 0 Å². The minimum Gasteiger partial charge on any atom is -0.322 e. The topological polar surface area (TPSA) is 58.2 Å². The minimum absolute atomic E-state index is 0.0703. The van der Waals surface area contributed by atoms with Crippen molar-refractivity contribution >= 4 is 23.2 Å². The smallest absolute Gasteiger partial charge is 0.255 e. The Kier molecular flexibility index (Phi) is 7.25. The lowest BCUT2D eigenvalue weighted by Crippen LogP contribution is -2.14. The number of rotatable bonds is 5. The first-order valence-electron chi connectivity index (χ1n) is 14.5. The highest BCUT2D eigenvalue weighted by molar-refractivity contribution is 6.05. The highest BCUT2D eigenvalue weighted by Crippen LogP contribution is 2.30. The Morgan fingerprint density at radius 3 is 1.30 bits per heavy atom. The number of aryl methyl sites for hydroxylation is 6. The van der Waals surface area contributed by atoms with E-state index >= 15 is 0 Å². The van der Waals surface area contributed by atoms with Crippen molar-refractivity contribution in [3.05, 3.63) is 117 Å². The average molecular weight is 529 g/mol. The van der Waals surface area contributed by atoms with E-state index in [4.69, 9.17) is 0 Å². The monoisotopic (exact) mass is 528 g/mol. The summed E-state index contributed by atoms with van der Waals surface area (Å²) in [6, 6.07) is 24.4. The number of hydrogen-bond acceptors (Lipinski definition) is 2. The molecule has 4 aromatic carbocycles. The largest absolute Gasteiger partial charge is 0.322 e. The number of anilines is 2. The van der Waals surface area contributed by atoms with E-state index in [2.05, 4.69) is 47.0 Å². The van der Waals surface area contributed by atoms with Gasteiger partial charge in [0.1, 0.15) is 0 Å². The number of nitrogens with one attached hydrogen (secondary N) is 2. The van der Waals surface area contributed by atoms with E-state index in [1.54, 1.807) is 0 Å². The van der Waals surface area contributed by atoms with Gasteiger partial charge in [0.25, 0.3) is 11.8 Å². The van der Waals surface area contributed by atoms with Gasteiger partial charge in [-0.05, 0) is 158 Å². The molecule has 40 heavy (non-hydrogen) atoms. The summed E-state index contributed by atoms with van der Waals surface area (Å²) in [6.07, 6.45) is 9.19. The van der Waals surface area contributed by atoms with Gasteiger partial charge in [-0.3, -0.25) is 9.59 Å². The molecule has 0 spiro atoms. The molecular formula is C36H36N2O2. The summed E-state index contributed by atoms with van der Waals surface area (Å²) < 4.78 is 0. The quantitative estimate of drug-likeness (QED) is 0.274. The molecule has 0 aliphatic heterocycles. The predicted molar refractivity (Wildman–Crippen MR) is 163 cm³/mol. The third kappa shape index (κ3) is 5.44. The van der Waals surface area contributed by atoms with Crippen molar-refractivity contribution in [2.75, 3.05) is 10.6 Å². The Hall–Kier alpha value is -4.18. The summed E-state index contributed by atoms with van der Waals surface area (Å²) in [6.45, 7) is 4.04. The van der Waals surface area contributed by atoms with Crippen LogP contribution in [0.2, 0.25) is 0 Å². The molecule has 4 nitrogen and oxygen atoms in total. The van der Waals surface area contributed by atoms with E-state index in [1.807, 2.05) is 50.2 Å². The standard InChI is InChI=1S/C36H36N2O2/c1-23-19-29(15-17-33(23)37-35(39)31-13-11-25-7-3-5-9-27(25)21-31)30-16-18-34(24(2)20-30)38-36(40)32-14-12-26-8-4-6-10-28(26)22-32/h11-22H,3-10H2,1-2H3,(H,37,39)(H,38,40). The molecule has 4 aromatic rings. The molecule has 0 saturated heterocycles. The van der Waals surface area contributed by atoms with Crippen molar-refractivity contribution in [1.29, 1.82) is 0 Å². The van der Waals surface area contributed by atoms with Gasteiger partial charge >= 0.3 is 0 Å². The van der Waals surface area contributed by atoms with Crippen LogP contribution in [-0.2, 0) is 25.7 Å². The lowest BCUT2D eigenvalue weighted by Gasteiger charge is -2.17. The first-order chi connectivity index (χ1) is 19.4. The van der Waals surface area contributed by atoms with Crippen LogP contribution in [0.25, 0.3) is 11.1 Å². The van der Waals surface area contributed by atoms with Crippen LogP contribution in [0.3, 0.4) is 0 Å². The second-order valence-corrected chi connectivity index (χ2v) is 11.3. The summed E-state index contributed by atoms with van der Waals surface area (Å²) in [5.41, 5.74) is 12.6. The average Bonchev–Trinajstić information content (AvgIpc) is 2.98. The molecule has 2 aliphatic rings. The molecule has 0 heterocycles. The van der Waals surface area contributed by atoms with E-state index < -0.39 is 0 Å². The van der Waals surface area contributed by atoms with E-state index in [9.17, 15) is 9.59 Å². The maximum atomic E-state index is 13.0. The highest BCUT2D eigenvalue weighted by atomic mass is 16.2. The Labute approximate surface area is 236 Å². The van der Waals surface area contributed by atoms with Gasteiger partial charge in [0.2, 0.25) is 0 Å². The van der Waals surface area contributed by atoms with Gasteiger partial charge in [-0.1, -0.05) is 24.3 Å². The number of benzene rings is 4. The van der Waals surface area contributed by atoms with Gasteiger partial charge in [0, 0.05) is 22.5 Å². The maximum absolute atomic E-state index is 13.0. The molecular weight excluding hydrogens is 492 g/mol. The van der Waals surface area contributed by atoms with Crippen LogP contribution in [-0.4, -0.2) is 11.8 Å². The molecule has 2 aliphatic carbocycles. The summed E-state index contributed by atoms with van der Waals surface area (Å²) in [5, 5.41) is 6.20. The number of amides is 2. The normalized spacial score (nSPS) is 14.2. The second-order valence-electron chi connectivity index (χ2n) is 11.3. The van der Waals surface area contributed by atoms with Crippen LogP contribution >= 0.6 is 0 Å². The molecule has 0 aromatic heterocycles. The predicted octanol–water partition coefficient (Wildman–Crippen LogP) is 8.23. The molecule has 0 saturated carbocycles. The van der Waals surface area contributed by atoms with Crippen molar-refractivity contribution in [3.8, 4) is 11.1 Å². The van der Waals surface area contributed by atoms with E-state index in [-0.39, 0.29) is 11.8 Å². The van der Waals surface area contributed by atoms with Gasteiger partial charge in [0.15, 0.2) is 0 Å². The SMILES string of the molecule is Cc1cc(-c2ccc(NC(=O)c3ccc4c(c3)CCCC4)c(C)c2)ccc1NC(=O)c1ccc2c(c1)CCCC2.